The lowest BCUT2D eigenvalue weighted by Crippen LogP contribution is -2.45. The number of rotatable bonds is 17. The molecule has 2 amide bonds. The summed E-state index contributed by atoms with van der Waals surface area (Å²) in [5.41, 5.74) is 1.45. The van der Waals surface area contributed by atoms with Gasteiger partial charge >= 0.3 is 12.1 Å². The number of carboxylic acid groups (broad SMARTS) is 1. The van der Waals surface area contributed by atoms with E-state index in [1.165, 1.54) is 0 Å². The number of Topliss-reactive ketones (excluding diaryl/α,β-unsaturated/α-hetero) is 1. The lowest BCUT2D eigenvalue weighted by Gasteiger charge is -2.18. The van der Waals surface area contributed by atoms with Gasteiger partial charge in [-0.2, -0.15) is 0 Å². The molecule has 0 aliphatic heterocycles. The number of carbonyl (C=O) groups is 4. The lowest BCUT2D eigenvalue weighted by atomic mass is 10.1. The van der Waals surface area contributed by atoms with Gasteiger partial charge in [-0.15, -0.1) is 0 Å². The van der Waals surface area contributed by atoms with Crippen LogP contribution in [0.3, 0.4) is 0 Å². The Kier molecular flexibility index (Phi) is 12.0. The Hall–Kier alpha value is -4.18. The van der Waals surface area contributed by atoms with Crippen molar-refractivity contribution in [1.82, 2.24) is 16.0 Å². The van der Waals surface area contributed by atoms with Crippen molar-refractivity contribution in [3.05, 3.63) is 72.0 Å². The summed E-state index contributed by atoms with van der Waals surface area (Å²) in [6.07, 6.45) is 2.39. The molecule has 0 saturated carbocycles. The number of alkyl carbamates (subject to hydrolysis) is 1. The lowest BCUT2D eigenvalue weighted by molar-refractivity contribution is -0.137. The third-order valence-corrected chi connectivity index (χ3v) is 6.04. The van der Waals surface area contributed by atoms with E-state index in [0.717, 1.165) is 23.8 Å². The van der Waals surface area contributed by atoms with Crippen LogP contribution in [0.2, 0.25) is 0 Å². The van der Waals surface area contributed by atoms with E-state index in [4.69, 9.17) is 14.3 Å². The van der Waals surface area contributed by atoms with Crippen LogP contribution in [0.5, 0.6) is 0 Å². The highest BCUT2D eigenvalue weighted by Gasteiger charge is 2.23. The standard InChI is InChI=1S/C29H35N3O7/c33-24(19-30-16-8-2-5-15-27(34)35)23(32-28(36)26-18-22-12-6-7-14-25(22)39-26)13-9-17-31-29(37)38-20-21-10-3-1-4-11-21/h1,3-4,6-7,10-12,14,18,23,30H,2,5,8-9,13,15-17,19-20H2,(H,31,37)(H,32,36)(H,34,35)/t23-/m0/s1. The van der Waals surface area contributed by atoms with Gasteiger partial charge in [0.1, 0.15) is 12.2 Å². The highest BCUT2D eigenvalue weighted by Crippen LogP contribution is 2.19. The Morgan fingerprint density at radius 3 is 2.44 bits per heavy atom. The van der Waals surface area contributed by atoms with Crippen LogP contribution < -0.4 is 16.0 Å². The second kappa shape index (κ2) is 15.9. The van der Waals surface area contributed by atoms with Gasteiger partial charge in [0.05, 0.1) is 12.6 Å². The van der Waals surface area contributed by atoms with Crippen molar-refractivity contribution in [3.63, 3.8) is 0 Å². The molecule has 0 spiro atoms. The second-order valence-corrected chi connectivity index (χ2v) is 9.15. The number of fused-ring (bicyclic) bond motifs is 1. The molecule has 0 unspecified atom stereocenters. The Balaban J connectivity index is 1.47. The smallest absolute Gasteiger partial charge is 0.407 e. The molecule has 3 aromatic rings. The number of nitrogens with one attached hydrogen (secondary N) is 3. The number of ether oxygens (including phenoxy) is 1. The zero-order chi connectivity index (χ0) is 27.9. The normalized spacial score (nSPS) is 11.6. The molecule has 1 atom stereocenters. The number of furan rings is 1. The Bertz CT molecular complexity index is 1190. The Labute approximate surface area is 227 Å². The largest absolute Gasteiger partial charge is 0.481 e. The zero-order valence-corrected chi connectivity index (χ0v) is 21.8. The van der Waals surface area contributed by atoms with Crippen LogP contribution in [0.4, 0.5) is 4.79 Å². The molecule has 39 heavy (non-hydrogen) atoms. The molecule has 2 aromatic carbocycles. The number of benzene rings is 2. The van der Waals surface area contributed by atoms with Crippen molar-refractivity contribution in [1.29, 1.82) is 0 Å². The van der Waals surface area contributed by atoms with Crippen LogP contribution in [0.25, 0.3) is 11.0 Å². The highest BCUT2D eigenvalue weighted by molar-refractivity contribution is 5.99. The summed E-state index contributed by atoms with van der Waals surface area (Å²) >= 11 is 0. The molecule has 0 aliphatic rings. The number of unbranched alkanes of at least 4 members (excludes halogenated alkanes) is 2. The van der Waals surface area contributed by atoms with Crippen LogP contribution in [0.1, 0.15) is 54.6 Å². The van der Waals surface area contributed by atoms with Gasteiger partial charge in [-0.25, -0.2) is 4.79 Å². The summed E-state index contributed by atoms with van der Waals surface area (Å²) in [4.78, 5) is 48.4. The van der Waals surface area contributed by atoms with Crippen molar-refractivity contribution < 1.29 is 33.4 Å². The number of hydrogen-bond acceptors (Lipinski definition) is 7. The topological polar surface area (TPSA) is 147 Å². The first kappa shape index (κ1) is 29.4. The fourth-order valence-electron chi connectivity index (χ4n) is 3.95. The molecular weight excluding hydrogens is 502 g/mol. The zero-order valence-electron chi connectivity index (χ0n) is 21.8. The predicted octanol–water partition coefficient (Wildman–Crippen LogP) is 4.04. The first-order chi connectivity index (χ1) is 18.9. The minimum absolute atomic E-state index is 0.0521. The molecule has 0 saturated heterocycles. The molecule has 0 bridgehead atoms. The molecule has 10 nitrogen and oxygen atoms in total. The number of ketones is 1. The number of hydrogen-bond donors (Lipinski definition) is 4. The van der Waals surface area contributed by atoms with Gasteiger partial charge in [0.2, 0.25) is 0 Å². The van der Waals surface area contributed by atoms with E-state index in [1.807, 2.05) is 48.5 Å². The van der Waals surface area contributed by atoms with Gasteiger partial charge in [0, 0.05) is 18.4 Å². The number of aliphatic carboxylic acids is 1. The van der Waals surface area contributed by atoms with E-state index in [2.05, 4.69) is 16.0 Å². The molecule has 0 fully saturated rings. The van der Waals surface area contributed by atoms with Crippen molar-refractivity contribution >= 4 is 34.7 Å². The van der Waals surface area contributed by atoms with Crippen LogP contribution >= 0.6 is 0 Å². The van der Waals surface area contributed by atoms with E-state index in [1.54, 1.807) is 12.1 Å². The molecule has 1 heterocycles. The molecule has 0 aliphatic carbocycles. The van der Waals surface area contributed by atoms with Crippen LogP contribution in [0.15, 0.2) is 65.1 Å². The van der Waals surface area contributed by atoms with Crippen molar-refractivity contribution in [3.8, 4) is 0 Å². The van der Waals surface area contributed by atoms with Gasteiger partial charge in [-0.3, -0.25) is 14.4 Å². The van der Waals surface area contributed by atoms with Gasteiger partial charge in [-0.1, -0.05) is 55.0 Å². The summed E-state index contributed by atoms with van der Waals surface area (Å²) in [5.74, 6) is -1.40. The first-order valence-corrected chi connectivity index (χ1v) is 13.1. The number of carbonyl (C=O) groups excluding carboxylic acids is 3. The number of carboxylic acids is 1. The molecule has 4 N–H and O–H groups in total. The van der Waals surface area contributed by atoms with Crippen LogP contribution in [-0.4, -0.2) is 54.5 Å². The average molecular weight is 538 g/mol. The average Bonchev–Trinajstić information content (AvgIpc) is 3.38. The SMILES string of the molecule is O=C(O)CCCCCNCC(=O)[C@H](CCCNC(=O)OCc1ccccc1)NC(=O)c1cc2ccccc2o1. The Morgan fingerprint density at radius 1 is 0.897 bits per heavy atom. The van der Waals surface area contributed by atoms with E-state index in [0.29, 0.717) is 31.4 Å². The quantitative estimate of drug-likeness (QED) is 0.189. The maximum atomic E-state index is 13.0. The van der Waals surface area contributed by atoms with Crippen molar-refractivity contribution in [2.45, 2.75) is 51.2 Å². The molecule has 3 rings (SSSR count). The van der Waals surface area contributed by atoms with Crippen molar-refractivity contribution in [2.75, 3.05) is 19.6 Å². The molecular formula is C29H35N3O7. The van der Waals surface area contributed by atoms with Gasteiger partial charge in [0.25, 0.3) is 5.91 Å². The highest BCUT2D eigenvalue weighted by atomic mass is 16.5. The number of para-hydroxylation sites is 1. The molecule has 1 aromatic heterocycles. The fraction of sp³-hybridized carbons (Fsp3) is 0.379. The minimum atomic E-state index is -0.819. The maximum absolute atomic E-state index is 13.0. The van der Waals surface area contributed by atoms with Gasteiger partial charge < -0.3 is 30.2 Å². The summed E-state index contributed by atoms with van der Waals surface area (Å²) in [7, 11) is 0. The summed E-state index contributed by atoms with van der Waals surface area (Å²) in [6, 6.07) is 17.4. The van der Waals surface area contributed by atoms with E-state index < -0.39 is 24.0 Å². The molecule has 10 heteroatoms. The molecule has 208 valence electrons. The monoisotopic (exact) mass is 537 g/mol. The predicted molar refractivity (Wildman–Crippen MR) is 145 cm³/mol. The van der Waals surface area contributed by atoms with E-state index in [-0.39, 0.29) is 37.7 Å². The first-order valence-electron chi connectivity index (χ1n) is 13.1. The second-order valence-electron chi connectivity index (χ2n) is 9.15. The summed E-state index contributed by atoms with van der Waals surface area (Å²) in [5, 5.41) is 18.0. The van der Waals surface area contributed by atoms with Gasteiger partial charge in [0.15, 0.2) is 11.5 Å². The summed E-state index contributed by atoms with van der Waals surface area (Å²) < 4.78 is 10.8. The van der Waals surface area contributed by atoms with Crippen LogP contribution in [-0.2, 0) is 20.9 Å². The molecule has 0 radical (unpaired) electrons. The van der Waals surface area contributed by atoms with E-state index in [9.17, 15) is 19.2 Å². The van der Waals surface area contributed by atoms with Crippen molar-refractivity contribution in [2.24, 2.45) is 0 Å². The third kappa shape index (κ3) is 10.6. The van der Waals surface area contributed by atoms with Gasteiger partial charge in [-0.05, 0) is 49.9 Å². The van der Waals surface area contributed by atoms with E-state index >= 15 is 0 Å². The minimum Gasteiger partial charge on any atom is -0.481 e. The number of amides is 2. The summed E-state index contributed by atoms with van der Waals surface area (Å²) in [6.45, 7) is 1.04. The third-order valence-electron chi connectivity index (χ3n) is 6.04. The fourth-order valence-corrected chi connectivity index (χ4v) is 3.95. The Morgan fingerprint density at radius 2 is 1.67 bits per heavy atom. The van der Waals surface area contributed by atoms with Crippen LogP contribution in [0, 0.1) is 0 Å². The maximum Gasteiger partial charge on any atom is 0.407 e.